The van der Waals surface area contributed by atoms with Gasteiger partial charge in [-0.1, -0.05) is 23.6 Å². The van der Waals surface area contributed by atoms with Crippen LogP contribution in [0.4, 0.5) is 0 Å². The maximum atomic E-state index is 11.9. The van der Waals surface area contributed by atoms with E-state index in [0.29, 0.717) is 11.4 Å². The summed E-state index contributed by atoms with van der Waals surface area (Å²) in [6, 6.07) is 0. The molecule has 0 fully saturated rings. The number of aryl methyl sites for hydroxylation is 1. The van der Waals surface area contributed by atoms with Crippen LogP contribution in [0.3, 0.4) is 0 Å². The van der Waals surface area contributed by atoms with Gasteiger partial charge >= 0.3 is 0 Å². The predicted molar refractivity (Wildman–Crippen MR) is 71.8 cm³/mol. The molecule has 5 nitrogen and oxygen atoms in total. The molecule has 0 aromatic carbocycles. The topological polar surface area (TPSA) is 58.1 Å². The van der Waals surface area contributed by atoms with Crippen molar-refractivity contribution in [2.24, 2.45) is 0 Å². The van der Waals surface area contributed by atoms with Crippen molar-refractivity contribution in [3.8, 4) is 0 Å². The summed E-state index contributed by atoms with van der Waals surface area (Å²) in [5.74, 6) is -0.0469. The molecule has 1 amide bonds. The van der Waals surface area contributed by atoms with E-state index in [1.54, 1.807) is 0 Å². The quantitative estimate of drug-likeness (QED) is 0.811. The van der Waals surface area contributed by atoms with Crippen LogP contribution in [0, 0.1) is 0 Å². The van der Waals surface area contributed by atoms with Crippen molar-refractivity contribution in [1.29, 1.82) is 0 Å². The second-order valence-electron chi connectivity index (χ2n) is 4.22. The Kier molecular flexibility index (Phi) is 4.83. The zero-order chi connectivity index (χ0) is 12.8. The number of carbonyl (C=O) groups is 1. The lowest BCUT2D eigenvalue weighted by Crippen LogP contribution is -2.36. The number of nitrogens with one attached hydrogen (secondary N) is 1. The lowest BCUT2D eigenvalue weighted by Gasteiger charge is -2.22. The van der Waals surface area contributed by atoms with Crippen LogP contribution in [0.5, 0.6) is 0 Å². The van der Waals surface area contributed by atoms with Crippen molar-refractivity contribution < 1.29 is 4.79 Å². The van der Waals surface area contributed by atoms with Crippen LogP contribution >= 0.6 is 11.5 Å². The van der Waals surface area contributed by atoms with Crippen LogP contribution in [-0.2, 0) is 6.42 Å². The number of hydrogen-bond acceptors (Lipinski definition) is 5. The van der Waals surface area contributed by atoms with Crippen LogP contribution in [-0.4, -0.2) is 46.6 Å². The molecule has 0 saturated carbocycles. The molecule has 0 aliphatic carbocycles. The molecule has 1 N–H and O–H groups in total. The number of amides is 1. The Morgan fingerprint density at radius 3 is 3.17 bits per heavy atom. The number of rotatable bonds is 5. The van der Waals surface area contributed by atoms with Gasteiger partial charge in [-0.05, 0) is 24.4 Å². The molecule has 2 heterocycles. The predicted octanol–water partition coefficient (Wildman–Crippen LogP) is 1.09. The van der Waals surface area contributed by atoms with Crippen LogP contribution in [0.15, 0.2) is 12.2 Å². The smallest absolute Gasteiger partial charge is 0.264 e. The summed E-state index contributed by atoms with van der Waals surface area (Å²) in [7, 11) is 0. The highest BCUT2D eigenvalue weighted by molar-refractivity contribution is 7.08. The fourth-order valence-electron chi connectivity index (χ4n) is 1.91. The number of carbonyl (C=O) groups excluding carboxylic acids is 1. The second-order valence-corrected chi connectivity index (χ2v) is 4.97. The normalized spacial score (nSPS) is 15.8. The standard InChI is InChI=1S/C12H18N4OS/c1-2-10-11(18-15-14-10)12(17)13-6-9-16-7-4-3-5-8-16/h3-4H,2,5-9H2,1H3,(H,13,17). The molecule has 1 aliphatic rings. The van der Waals surface area contributed by atoms with Gasteiger partial charge in [0.2, 0.25) is 0 Å². The zero-order valence-corrected chi connectivity index (χ0v) is 11.4. The zero-order valence-electron chi connectivity index (χ0n) is 10.6. The minimum atomic E-state index is -0.0469. The third kappa shape index (κ3) is 3.36. The third-order valence-electron chi connectivity index (χ3n) is 2.95. The summed E-state index contributed by atoms with van der Waals surface area (Å²) in [4.78, 5) is 14.9. The molecule has 98 valence electrons. The first-order valence-electron chi connectivity index (χ1n) is 6.28. The van der Waals surface area contributed by atoms with Crippen LogP contribution in [0.1, 0.15) is 28.7 Å². The fraction of sp³-hybridized carbons (Fsp3) is 0.583. The van der Waals surface area contributed by atoms with Gasteiger partial charge in [0.05, 0.1) is 5.69 Å². The van der Waals surface area contributed by atoms with E-state index in [9.17, 15) is 4.79 Å². The third-order valence-corrected chi connectivity index (χ3v) is 3.72. The first kappa shape index (κ1) is 13.2. The SMILES string of the molecule is CCc1nnsc1C(=O)NCCN1CC=CCC1. The van der Waals surface area contributed by atoms with Gasteiger partial charge in [-0.15, -0.1) is 5.10 Å². The van der Waals surface area contributed by atoms with E-state index < -0.39 is 0 Å². The van der Waals surface area contributed by atoms with E-state index in [2.05, 4.69) is 32.0 Å². The van der Waals surface area contributed by atoms with E-state index in [1.165, 1.54) is 11.5 Å². The maximum absolute atomic E-state index is 11.9. The summed E-state index contributed by atoms with van der Waals surface area (Å²) < 4.78 is 3.82. The van der Waals surface area contributed by atoms with Gasteiger partial charge in [0.25, 0.3) is 5.91 Å². The highest BCUT2D eigenvalue weighted by Crippen LogP contribution is 2.10. The molecule has 18 heavy (non-hydrogen) atoms. The Morgan fingerprint density at radius 1 is 1.56 bits per heavy atom. The van der Waals surface area contributed by atoms with Crippen molar-refractivity contribution in [3.05, 3.63) is 22.7 Å². The summed E-state index contributed by atoms with van der Waals surface area (Å²) in [6.07, 6.45) is 6.22. The van der Waals surface area contributed by atoms with Gasteiger partial charge in [-0.3, -0.25) is 9.69 Å². The summed E-state index contributed by atoms with van der Waals surface area (Å²) >= 11 is 1.17. The number of hydrogen-bond donors (Lipinski definition) is 1. The molecular formula is C12H18N4OS. The molecule has 1 aromatic rings. The molecular weight excluding hydrogens is 248 g/mol. The molecule has 0 spiro atoms. The fourth-order valence-corrected chi connectivity index (χ4v) is 2.58. The highest BCUT2D eigenvalue weighted by Gasteiger charge is 2.14. The number of nitrogens with zero attached hydrogens (tertiary/aromatic N) is 3. The van der Waals surface area contributed by atoms with Gasteiger partial charge in [0.1, 0.15) is 4.88 Å². The van der Waals surface area contributed by atoms with Crippen LogP contribution < -0.4 is 5.32 Å². The minimum absolute atomic E-state index is 0.0469. The molecule has 0 radical (unpaired) electrons. The van der Waals surface area contributed by atoms with Gasteiger partial charge in [-0.2, -0.15) is 0 Å². The molecule has 1 aromatic heterocycles. The van der Waals surface area contributed by atoms with Crippen molar-refractivity contribution in [1.82, 2.24) is 19.8 Å². The average molecular weight is 266 g/mol. The van der Waals surface area contributed by atoms with Gasteiger partial charge < -0.3 is 5.32 Å². The van der Waals surface area contributed by atoms with E-state index in [-0.39, 0.29) is 5.91 Å². The van der Waals surface area contributed by atoms with Crippen molar-refractivity contribution in [3.63, 3.8) is 0 Å². The molecule has 6 heteroatoms. The lowest BCUT2D eigenvalue weighted by atomic mass is 10.2. The first-order valence-corrected chi connectivity index (χ1v) is 7.05. The Labute approximate surface area is 111 Å². The van der Waals surface area contributed by atoms with E-state index in [1.807, 2.05) is 6.92 Å². The maximum Gasteiger partial charge on any atom is 0.264 e. The van der Waals surface area contributed by atoms with Gasteiger partial charge in [0, 0.05) is 26.2 Å². The van der Waals surface area contributed by atoms with Crippen molar-refractivity contribution in [2.75, 3.05) is 26.2 Å². The molecule has 2 rings (SSSR count). The number of aromatic nitrogens is 2. The molecule has 0 unspecified atom stereocenters. The molecule has 0 bridgehead atoms. The monoisotopic (exact) mass is 266 g/mol. The lowest BCUT2D eigenvalue weighted by molar-refractivity contribution is 0.0952. The summed E-state index contributed by atoms with van der Waals surface area (Å²) in [6.45, 7) is 5.61. The highest BCUT2D eigenvalue weighted by atomic mass is 32.1. The molecule has 1 aliphatic heterocycles. The van der Waals surface area contributed by atoms with Gasteiger partial charge in [0.15, 0.2) is 0 Å². The van der Waals surface area contributed by atoms with E-state index in [0.717, 1.165) is 38.2 Å². The van der Waals surface area contributed by atoms with Crippen LogP contribution in [0.2, 0.25) is 0 Å². The Balaban J connectivity index is 1.76. The van der Waals surface area contributed by atoms with Crippen molar-refractivity contribution in [2.45, 2.75) is 19.8 Å². The summed E-state index contributed by atoms with van der Waals surface area (Å²) in [5, 5.41) is 6.87. The van der Waals surface area contributed by atoms with E-state index in [4.69, 9.17) is 0 Å². The minimum Gasteiger partial charge on any atom is -0.350 e. The average Bonchev–Trinajstić information content (AvgIpc) is 2.88. The Morgan fingerprint density at radius 2 is 2.44 bits per heavy atom. The largest absolute Gasteiger partial charge is 0.350 e. The first-order chi connectivity index (χ1) is 8.81. The summed E-state index contributed by atoms with van der Waals surface area (Å²) in [5.41, 5.74) is 0.790. The van der Waals surface area contributed by atoms with Gasteiger partial charge in [-0.25, -0.2) is 0 Å². The van der Waals surface area contributed by atoms with E-state index >= 15 is 0 Å². The van der Waals surface area contributed by atoms with Crippen LogP contribution in [0.25, 0.3) is 0 Å². The Bertz CT molecular complexity index is 429. The second kappa shape index (κ2) is 6.61. The molecule has 0 atom stereocenters. The molecule has 0 saturated heterocycles. The Hall–Kier alpha value is -1.27. The van der Waals surface area contributed by atoms with Crippen molar-refractivity contribution >= 4 is 17.4 Å².